The predicted molar refractivity (Wildman–Crippen MR) is 130 cm³/mol. The summed E-state index contributed by atoms with van der Waals surface area (Å²) in [6, 6.07) is 1.45. The van der Waals surface area contributed by atoms with Gasteiger partial charge in [-0.15, -0.1) is 10.2 Å². The number of hydrogen-bond donors (Lipinski definition) is 2. The van der Waals surface area contributed by atoms with E-state index in [2.05, 4.69) is 25.2 Å². The van der Waals surface area contributed by atoms with Gasteiger partial charge in [-0.3, -0.25) is 4.40 Å². The van der Waals surface area contributed by atoms with E-state index in [0.717, 1.165) is 0 Å². The van der Waals surface area contributed by atoms with Gasteiger partial charge in [-0.05, 0) is 13.0 Å². The van der Waals surface area contributed by atoms with Gasteiger partial charge in [-0.25, -0.2) is 18.1 Å². The average Bonchev–Trinajstić information content (AvgIpc) is 3.43. The molecule has 0 spiro atoms. The number of aromatic nitrogens is 4. The Balaban J connectivity index is 1.67. The number of hydrogen-bond acceptors (Lipinski definition) is 10. The number of methoxy groups -OCH3 is 1. The highest BCUT2D eigenvalue weighted by atomic mass is 35.5. The lowest BCUT2D eigenvalue weighted by Gasteiger charge is -2.38. The zero-order valence-corrected chi connectivity index (χ0v) is 22.1. The fourth-order valence-corrected chi connectivity index (χ4v) is 6.66. The molecule has 2 fully saturated rings. The predicted octanol–water partition coefficient (Wildman–Crippen LogP) is 2.02. The molecule has 202 valence electrons. The Morgan fingerprint density at radius 2 is 2.14 bits per heavy atom. The zero-order chi connectivity index (χ0) is 26.6. The Bertz CT molecular complexity index is 1420. The molecule has 5 heterocycles. The van der Waals surface area contributed by atoms with E-state index < -0.39 is 26.7 Å². The quantitative estimate of drug-likeness (QED) is 0.431. The summed E-state index contributed by atoms with van der Waals surface area (Å²) in [5.74, 6) is -0.0481. The molecule has 5 rings (SSSR count). The summed E-state index contributed by atoms with van der Waals surface area (Å²) in [6.45, 7) is 4.16. The summed E-state index contributed by atoms with van der Waals surface area (Å²) < 4.78 is 80.9. The molecular formula is C20H23ClF3N7O4S2. The van der Waals surface area contributed by atoms with Crippen LogP contribution in [-0.2, 0) is 25.7 Å². The van der Waals surface area contributed by atoms with E-state index in [0.29, 0.717) is 48.8 Å². The van der Waals surface area contributed by atoms with Crippen molar-refractivity contribution in [1.82, 2.24) is 29.6 Å². The number of ether oxygens (including phenoxy) is 2. The normalized spacial score (nSPS) is 20.4. The molecule has 11 nitrogen and oxygen atoms in total. The fourth-order valence-electron chi connectivity index (χ4n) is 4.30. The van der Waals surface area contributed by atoms with E-state index in [1.54, 1.807) is 14.0 Å². The maximum absolute atomic E-state index is 13.4. The highest BCUT2D eigenvalue weighted by Crippen LogP contribution is 2.39. The molecule has 17 heteroatoms. The topological polar surface area (TPSA) is 123 Å². The second kappa shape index (κ2) is 9.59. The van der Waals surface area contributed by atoms with Crippen molar-refractivity contribution in [3.63, 3.8) is 0 Å². The first kappa shape index (κ1) is 26.5. The molecule has 2 N–H and O–H groups in total. The number of fused-ring (bicyclic) bond motifs is 1. The van der Waals surface area contributed by atoms with E-state index in [-0.39, 0.29) is 40.1 Å². The lowest BCUT2D eigenvalue weighted by atomic mass is 10.0. The van der Waals surface area contributed by atoms with E-state index in [9.17, 15) is 21.6 Å². The molecule has 0 bridgehead atoms. The largest absolute Gasteiger partial charge is 0.445 e. The van der Waals surface area contributed by atoms with Crippen molar-refractivity contribution in [3.05, 3.63) is 22.4 Å². The fraction of sp³-hybridized carbons (Fsp3) is 0.550. The lowest BCUT2D eigenvalue weighted by molar-refractivity contribution is -0.138. The molecule has 3 aromatic rings. The highest BCUT2D eigenvalue weighted by Gasteiger charge is 2.39. The summed E-state index contributed by atoms with van der Waals surface area (Å²) >= 11 is 6.80. The summed E-state index contributed by atoms with van der Waals surface area (Å²) in [4.78, 5) is 6.09. The number of rotatable bonds is 7. The number of halogens is 4. The maximum atomic E-state index is 13.4. The van der Waals surface area contributed by atoms with Gasteiger partial charge in [0.15, 0.2) is 16.0 Å². The number of piperazine rings is 1. The second-order valence-corrected chi connectivity index (χ2v) is 12.1. The van der Waals surface area contributed by atoms with Crippen LogP contribution in [0.15, 0.2) is 17.2 Å². The van der Waals surface area contributed by atoms with Crippen molar-refractivity contribution >= 4 is 44.2 Å². The van der Waals surface area contributed by atoms with Crippen molar-refractivity contribution in [2.45, 2.75) is 29.6 Å². The first-order valence-electron chi connectivity index (χ1n) is 11.1. The smallest absolute Gasteiger partial charge is 0.383 e. The highest BCUT2D eigenvalue weighted by molar-refractivity contribution is 7.89. The van der Waals surface area contributed by atoms with E-state index in [1.807, 2.05) is 4.90 Å². The van der Waals surface area contributed by atoms with Gasteiger partial charge in [0.2, 0.25) is 15.0 Å². The standard InChI is InChI=1S/C20H23ClF3N7O4S2/c1-19(9-35-10-19)29-37(32,33)12-5-13(30-4-3-25-11(6-30)8-34-2)14-15(21)26-16(31(14)7-12)17-27-28-18(36-17)20(22,23)24/h5,7,11,25,29H,3-4,6,8-10H2,1-2H3. The van der Waals surface area contributed by atoms with Crippen LogP contribution in [0.25, 0.3) is 16.3 Å². The van der Waals surface area contributed by atoms with Gasteiger partial charge in [0.1, 0.15) is 10.4 Å². The number of pyridine rings is 1. The van der Waals surface area contributed by atoms with Crippen LogP contribution < -0.4 is 14.9 Å². The van der Waals surface area contributed by atoms with Crippen molar-refractivity contribution < 1.29 is 31.1 Å². The monoisotopic (exact) mass is 581 g/mol. The number of sulfonamides is 1. The molecule has 2 saturated heterocycles. The molecule has 1 unspecified atom stereocenters. The molecule has 0 amide bonds. The zero-order valence-electron chi connectivity index (χ0n) is 19.7. The summed E-state index contributed by atoms with van der Waals surface area (Å²) in [6.07, 6.45) is -3.41. The van der Waals surface area contributed by atoms with Crippen LogP contribution in [0.3, 0.4) is 0 Å². The van der Waals surface area contributed by atoms with Gasteiger partial charge in [0, 0.05) is 39.0 Å². The third-order valence-electron chi connectivity index (χ3n) is 6.00. The van der Waals surface area contributed by atoms with Crippen LogP contribution in [0.5, 0.6) is 0 Å². The van der Waals surface area contributed by atoms with Crippen LogP contribution in [0.1, 0.15) is 11.9 Å². The van der Waals surface area contributed by atoms with Gasteiger partial charge in [0.25, 0.3) is 0 Å². The molecule has 0 radical (unpaired) electrons. The molecule has 2 aliphatic rings. The molecule has 3 aromatic heterocycles. The van der Waals surface area contributed by atoms with Crippen LogP contribution in [0.4, 0.5) is 18.9 Å². The van der Waals surface area contributed by atoms with E-state index in [4.69, 9.17) is 21.1 Å². The third-order valence-corrected chi connectivity index (χ3v) is 8.83. The van der Waals surface area contributed by atoms with Crippen molar-refractivity contribution in [1.29, 1.82) is 0 Å². The minimum atomic E-state index is -4.69. The summed E-state index contributed by atoms with van der Waals surface area (Å²) in [5, 5.41) is 8.91. The average molecular weight is 582 g/mol. The molecule has 2 aliphatic heterocycles. The van der Waals surface area contributed by atoms with E-state index >= 15 is 0 Å². The minimum Gasteiger partial charge on any atom is -0.383 e. The van der Waals surface area contributed by atoms with Gasteiger partial charge in [-0.1, -0.05) is 22.9 Å². The first-order valence-corrected chi connectivity index (χ1v) is 13.8. The molecule has 37 heavy (non-hydrogen) atoms. The SMILES string of the molecule is COCC1CN(c2cc(S(=O)(=O)NC3(C)COC3)cn3c(-c4nnc(C(F)(F)F)s4)nc(Cl)c23)CCN1. The molecule has 1 atom stereocenters. The Morgan fingerprint density at radius 1 is 1.38 bits per heavy atom. The van der Waals surface area contributed by atoms with Crippen molar-refractivity contribution in [2.75, 3.05) is 51.5 Å². The van der Waals surface area contributed by atoms with Gasteiger partial charge < -0.3 is 19.7 Å². The Labute approximate surface area is 219 Å². The Morgan fingerprint density at radius 3 is 2.76 bits per heavy atom. The second-order valence-electron chi connectivity index (χ2n) is 9.13. The minimum absolute atomic E-state index is 0.00755. The van der Waals surface area contributed by atoms with Crippen LogP contribution in [-0.4, -0.2) is 86.1 Å². The van der Waals surface area contributed by atoms with Gasteiger partial charge in [-0.2, -0.15) is 13.2 Å². The van der Waals surface area contributed by atoms with Crippen molar-refractivity contribution in [2.24, 2.45) is 0 Å². The summed E-state index contributed by atoms with van der Waals surface area (Å²) in [7, 11) is -2.48. The molecule has 0 saturated carbocycles. The van der Waals surface area contributed by atoms with Crippen LogP contribution in [0.2, 0.25) is 5.15 Å². The first-order chi connectivity index (χ1) is 17.4. The number of nitrogens with zero attached hydrogens (tertiary/aromatic N) is 5. The number of anilines is 1. The van der Waals surface area contributed by atoms with Gasteiger partial charge in [0.05, 0.1) is 31.0 Å². The molecule has 0 aromatic carbocycles. The number of alkyl halides is 3. The Kier molecular flexibility index (Phi) is 6.87. The molecular weight excluding hydrogens is 559 g/mol. The maximum Gasteiger partial charge on any atom is 0.445 e. The number of nitrogens with one attached hydrogen (secondary N) is 2. The third kappa shape index (κ3) is 5.15. The Hall–Kier alpha value is -2.08. The summed E-state index contributed by atoms with van der Waals surface area (Å²) in [5.41, 5.74) is 0.0310. The number of imidazole rings is 1. The van der Waals surface area contributed by atoms with Crippen LogP contribution in [0, 0.1) is 0 Å². The van der Waals surface area contributed by atoms with Crippen molar-refractivity contribution in [3.8, 4) is 10.8 Å². The van der Waals surface area contributed by atoms with Gasteiger partial charge >= 0.3 is 6.18 Å². The molecule has 0 aliphatic carbocycles. The lowest BCUT2D eigenvalue weighted by Crippen LogP contribution is -2.59. The van der Waals surface area contributed by atoms with E-state index in [1.165, 1.54) is 16.7 Å². The van der Waals surface area contributed by atoms with Crippen LogP contribution >= 0.6 is 22.9 Å².